The first-order valence-corrected chi connectivity index (χ1v) is 11.5. The van der Waals surface area contributed by atoms with Crippen LogP contribution in [0.3, 0.4) is 0 Å². The molecule has 3 fully saturated rings. The Labute approximate surface area is 165 Å². The molecule has 3 rings (SSSR count). The van der Waals surface area contributed by atoms with Crippen LogP contribution in [0.5, 0.6) is 0 Å². The highest BCUT2D eigenvalue weighted by Gasteiger charge is 2.36. The summed E-state index contributed by atoms with van der Waals surface area (Å²) in [5.41, 5.74) is 0. The van der Waals surface area contributed by atoms with Gasteiger partial charge in [0.1, 0.15) is 0 Å². The van der Waals surface area contributed by atoms with Crippen molar-refractivity contribution < 1.29 is 9.59 Å². The van der Waals surface area contributed by atoms with Gasteiger partial charge in [-0.25, -0.2) is 0 Å². The van der Waals surface area contributed by atoms with Crippen LogP contribution < -0.4 is 0 Å². The third-order valence-electron chi connectivity index (χ3n) is 7.08. The molecule has 1 saturated carbocycles. The summed E-state index contributed by atoms with van der Waals surface area (Å²) >= 11 is 0. The van der Waals surface area contributed by atoms with Crippen LogP contribution in [-0.2, 0) is 9.59 Å². The van der Waals surface area contributed by atoms with E-state index < -0.39 is 0 Å². The second-order valence-corrected chi connectivity index (χ2v) is 8.80. The second-order valence-electron chi connectivity index (χ2n) is 8.80. The molecule has 5 nitrogen and oxygen atoms in total. The molecule has 2 saturated heterocycles. The van der Waals surface area contributed by atoms with Crippen LogP contribution in [0.2, 0.25) is 0 Å². The van der Waals surface area contributed by atoms with Gasteiger partial charge in [0.25, 0.3) is 0 Å². The lowest BCUT2D eigenvalue weighted by Gasteiger charge is -2.43. The molecule has 3 aliphatic rings. The molecule has 2 heterocycles. The number of carbonyl (C=O) groups excluding carboxylic acids is 2. The van der Waals surface area contributed by atoms with Gasteiger partial charge in [-0.05, 0) is 64.5 Å². The average molecular weight is 378 g/mol. The lowest BCUT2D eigenvalue weighted by atomic mass is 9.83. The summed E-state index contributed by atoms with van der Waals surface area (Å²) in [7, 11) is 0. The zero-order chi connectivity index (χ0) is 19.2. The highest BCUT2D eigenvalue weighted by molar-refractivity contribution is 5.81. The normalized spacial score (nSPS) is 24.3. The number of likely N-dealkylation sites (tertiary alicyclic amines) is 2. The van der Waals surface area contributed by atoms with E-state index in [0.717, 1.165) is 64.7 Å². The first kappa shape index (κ1) is 20.6. The topological polar surface area (TPSA) is 43.9 Å². The minimum atomic E-state index is 0.143. The predicted molar refractivity (Wildman–Crippen MR) is 108 cm³/mol. The summed E-state index contributed by atoms with van der Waals surface area (Å²) in [5, 5.41) is 0. The summed E-state index contributed by atoms with van der Waals surface area (Å²) in [6.07, 6.45) is 9.78. The van der Waals surface area contributed by atoms with E-state index in [-0.39, 0.29) is 17.9 Å². The number of rotatable bonds is 8. The molecular weight excluding hydrogens is 338 g/mol. The van der Waals surface area contributed by atoms with Crippen LogP contribution in [0.4, 0.5) is 0 Å². The molecule has 0 spiro atoms. The Hall–Kier alpha value is -1.10. The van der Waals surface area contributed by atoms with E-state index in [1.165, 1.54) is 32.4 Å². The molecule has 0 radical (unpaired) electrons. The molecule has 1 unspecified atom stereocenters. The van der Waals surface area contributed by atoms with Gasteiger partial charge in [-0.3, -0.25) is 9.59 Å². The molecule has 0 N–H and O–H groups in total. The number of hydrogen-bond acceptors (Lipinski definition) is 3. The van der Waals surface area contributed by atoms with Crippen LogP contribution in [-0.4, -0.2) is 71.8 Å². The summed E-state index contributed by atoms with van der Waals surface area (Å²) in [5.74, 6) is 1.06. The van der Waals surface area contributed by atoms with E-state index in [2.05, 4.69) is 28.5 Å². The largest absolute Gasteiger partial charge is 0.340 e. The standard InChI is InChI=1S/C22H39N3O2/c1-3-18(4-2)21(26)24-14-8-11-20(17-24)25(22(27)19-9-7-10-19)16-15-23-12-5-6-13-23/h18-20H,3-17H2,1-2H3. The van der Waals surface area contributed by atoms with E-state index >= 15 is 0 Å². The van der Waals surface area contributed by atoms with E-state index in [9.17, 15) is 9.59 Å². The molecule has 2 aliphatic heterocycles. The fourth-order valence-electron chi connectivity index (χ4n) is 4.92. The molecule has 0 bridgehead atoms. The maximum atomic E-state index is 13.2. The summed E-state index contributed by atoms with van der Waals surface area (Å²) in [6.45, 7) is 10.0. The zero-order valence-electron chi connectivity index (χ0n) is 17.5. The van der Waals surface area contributed by atoms with Gasteiger partial charge in [-0.2, -0.15) is 0 Å². The molecule has 154 valence electrons. The molecule has 2 amide bonds. The second kappa shape index (κ2) is 9.90. The summed E-state index contributed by atoms with van der Waals surface area (Å²) in [4.78, 5) is 32.8. The molecule has 27 heavy (non-hydrogen) atoms. The van der Waals surface area contributed by atoms with Crippen LogP contribution in [0.25, 0.3) is 0 Å². The van der Waals surface area contributed by atoms with Crippen molar-refractivity contribution >= 4 is 11.8 Å². The lowest BCUT2D eigenvalue weighted by Crippen LogP contribution is -2.55. The van der Waals surface area contributed by atoms with Gasteiger partial charge < -0.3 is 14.7 Å². The minimum absolute atomic E-state index is 0.143. The fourth-order valence-corrected chi connectivity index (χ4v) is 4.92. The molecule has 1 atom stereocenters. The van der Waals surface area contributed by atoms with Crippen molar-refractivity contribution in [1.82, 2.24) is 14.7 Å². The van der Waals surface area contributed by atoms with Crippen molar-refractivity contribution in [2.24, 2.45) is 11.8 Å². The van der Waals surface area contributed by atoms with Crippen molar-refractivity contribution in [3.8, 4) is 0 Å². The SMILES string of the molecule is CCC(CC)C(=O)N1CCCC(N(CCN2CCCC2)C(=O)C2CCC2)C1. The lowest BCUT2D eigenvalue weighted by molar-refractivity contribution is -0.146. The molecule has 1 aliphatic carbocycles. The first-order valence-electron chi connectivity index (χ1n) is 11.5. The Morgan fingerprint density at radius 2 is 1.67 bits per heavy atom. The number of hydrogen-bond donors (Lipinski definition) is 0. The number of nitrogens with zero attached hydrogens (tertiary/aromatic N) is 3. The van der Waals surface area contributed by atoms with E-state index in [1.54, 1.807) is 0 Å². The van der Waals surface area contributed by atoms with Crippen LogP contribution in [0.1, 0.15) is 71.6 Å². The van der Waals surface area contributed by atoms with Gasteiger partial charge in [0, 0.05) is 44.1 Å². The smallest absolute Gasteiger partial charge is 0.226 e. The van der Waals surface area contributed by atoms with Crippen molar-refractivity contribution in [2.75, 3.05) is 39.3 Å². The van der Waals surface area contributed by atoms with E-state index in [0.29, 0.717) is 11.8 Å². The zero-order valence-corrected chi connectivity index (χ0v) is 17.5. The van der Waals surface area contributed by atoms with Gasteiger partial charge in [-0.1, -0.05) is 20.3 Å². The van der Waals surface area contributed by atoms with Crippen LogP contribution in [0.15, 0.2) is 0 Å². The Morgan fingerprint density at radius 3 is 2.26 bits per heavy atom. The van der Waals surface area contributed by atoms with Gasteiger partial charge in [0.15, 0.2) is 0 Å². The third kappa shape index (κ3) is 5.04. The molecule has 0 aromatic heterocycles. The number of piperidine rings is 1. The van der Waals surface area contributed by atoms with E-state index in [4.69, 9.17) is 0 Å². The molecule has 5 heteroatoms. The van der Waals surface area contributed by atoms with Gasteiger partial charge in [-0.15, -0.1) is 0 Å². The van der Waals surface area contributed by atoms with Gasteiger partial charge >= 0.3 is 0 Å². The Kier molecular flexibility index (Phi) is 7.57. The Balaban J connectivity index is 1.64. The Bertz CT molecular complexity index is 496. The first-order chi connectivity index (χ1) is 13.1. The van der Waals surface area contributed by atoms with Crippen molar-refractivity contribution in [3.63, 3.8) is 0 Å². The van der Waals surface area contributed by atoms with Crippen molar-refractivity contribution in [2.45, 2.75) is 77.7 Å². The fraction of sp³-hybridized carbons (Fsp3) is 0.909. The molecule has 0 aromatic rings. The predicted octanol–water partition coefficient (Wildman–Crippen LogP) is 3.14. The third-order valence-corrected chi connectivity index (χ3v) is 7.08. The average Bonchev–Trinajstić information content (AvgIpc) is 3.15. The number of amides is 2. The van der Waals surface area contributed by atoms with Crippen LogP contribution >= 0.6 is 0 Å². The highest BCUT2D eigenvalue weighted by Crippen LogP contribution is 2.30. The maximum absolute atomic E-state index is 13.2. The summed E-state index contributed by atoms with van der Waals surface area (Å²) in [6, 6.07) is 0.216. The van der Waals surface area contributed by atoms with E-state index in [1.807, 2.05) is 0 Å². The summed E-state index contributed by atoms with van der Waals surface area (Å²) < 4.78 is 0. The number of carbonyl (C=O) groups is 2. The quantitative estimate of drug-likeness (QED) is 0.653. The minimum Gasteiger partial charge on any atom is -0.340 e. The monoisotopic (exact) mass is 377 g/mol. The highest BCUT2D eigenvalue weighted by atomic mass is 16.2. The Morgan fingerprint density at radius 1 is 0.963 bits per heavy atom. The van der Waals surface area contributed by atoms with Crippen LogP contribution in [0, 0.1) is 11.8 Å². The van der Waals surface area contributed by atoms with Crippen molar-refractivity contribution in [3.05, 3.63) is 0 Å². The molecular formula is C22H39N3O2. The van der Waals surface area contributed by atoms with Gasteiger partial charge in [0.2, 0.25) is 11.8 Å². The van der Waals surface area contributed by atoms with Crippen molar-refractivity contribution in [1.29, 1.82) is 0 Å². The van der Waals surface area contributed by atoms with Gasteiger partial charge in [0.05, 0.1) is 0 Å². The molecule has 0 aromatic carbocycles. The maximum Gasteiger partial charge on any atom is 0.226 e.